The van der Waals surface area contributed by atoms with E-state index in [0.717, 1.165) is 26.2 Å². The van der Waals surface area contributed by atoms with Crippen LogP contribution in [0.2, 0.25) is 0 Å². The molecule has 0 saturated carbocycles. The Morgan fingerprint density at radius 1 is 1.07 bits per heavy atom. The van der Waals surface area contributed by atoms with Crippen molar-refractivity contribution in [3.8, 4) is 17.2 Å². The molecule has 3 rings (SSSR count). The summed E-state index contributed by atoms with van der Waals surface area (Å²) in [5.41, 5.74) is 3.00. The number of hydrogen-bond donors (Lipinski definition) is 3. The van der Waals surface area contributed by atoms with E-state index in [0.29, 0.717) is 5.01 Å². The van der Waals surface area contributed by atoms with Crippen molar-refractivity contribution in [1.29, 1.82) is 5.26 Å². The lowest BCUT2D eigenvalue weighted by atomic mass is 10.1. The number of thiol groups is 1. The summed E-state index contributed by atoms with van der Waals surface area (Å²) in [6.07, 6.45) is 0.106. The number of nitrogens with one attached hydrogen (secondary N) is 2. The minimum absolute atomic E-state index is 0.0778. The van der Waals surface area contributed by atoms with Crippen molar-refractivity contribution in [2.24, 2.45) is 0 Å². The van der Waals surface area contributed by atoms with Crippen molar-refractivity contribution in [3.63, 3.8) is 0 Å². The summed E-state index contributed by atoms with van der Waals surface area (Å²) in [5.74, 6) is -0.683. The average molecular weight is 396 g/mol. The Hall–Kier alpha value is -2.89. The molecule has 27 heavy (non-hydrogen) atoms. The van der Waals surface area contributed by atoms with Crippen LogP contribution in [0.4, 0.5) is 0 Å². The van der Waals surface area contributed by atoms with Gasteiger partial charge in [-0.25, -0.2) is 4.98 Å². The lowest BCUT2D eigenvalue weighted by Gasteiger charge is -2.03. The topological polar surface area (TPSA) is 94.9 Å². The predicted octanol–water partition coefficient (Wildman–Crippen LogP) is 2.55. The molecule has 0 radical (unpaired) electrons. The molecule has 2 aromatic carbocycles. The number of carbonyl (C=O) groups is 2. The molecule has 8 heteroatoms. The van der Waals surface area contributed by atoms with Crippen LogP contribution in [-0.4, -0.2) is 29.9 Å². The first-order chi connectivity index (χ1) is 13.0. The number of amides is 2. The van der Waals surface area contributed by atoms with Crippen LogP contribution in [0.5, 0.6) is 0 Å². The van der Waals surface area contributed by atoms with E-state index in [1.807, 2.05) is 36.4 Å². The zero-order chi connectivity index (χ0) is 19.2. The number of benzene rings is 2. The third-order valence-electron chi connectivity index (χ3n) is 3.76. The molecule has 3 aromatic rings. The normalized spacial score (nSPS) is 10.4. The fourth-order valence-corrected chi connectivity index (χ4v) is 3.62. The number of rotatable bonds is 6. The number of aromatic nitrogens is 1. The van der Waals surface area contributed by atoms with Gasteiger partial charge in [0.2, 0.25) is 11.8 Å². The molecular formula is C19H16N4O2S2. The first-order valence-corrected chi connectivity index (χ1v) is 9.41. The number of carbonyl (C=O) groups excluding carboxylic acids is 2. The quantitative estimate of drug-likeness (QED) is 0.441. The Labute approximate surface area is 165 Å². The number of thiazole rings is 1. The van der Waals surface area contributed by atoms with Crippen molar-refractivity contribution in [3.05, 3.63) is 47.5 Å². The van der Waals surface area contributed by atoms with Gasteiger partial charge in [0.25, 0.3) is 0 Å². The van der Waals surface area contributed by atoms with Gasteiger partial charge in [-0.1, -0.05) is 18.2 Å². The molecule has 0 aliphatic rings. The third-order valence-corrected chi connectivity index (χ3v) is 5.07. The molecule has 0 aliphatic carbocycles. The van der Waals surface area contributed by atoms with Gasteiger partial charge < -0.3 is 10.6 Å². The van der Waals surface area contributed by atoms with E-state index in [9.17, 15) is 9.59 Å². The molecule has 2 N–H and O–H groups in total. The lowest BCUT2D eigenvalue weighted by Crippen LogP contribution is -2.37. The minimum atomic E-state index is -0.397. The monoisotopic (exact) mass is 396 g/mol. The Kier molecular flexibility index (Phi) is 6.06. The number of fused-ring (bicyclic) bond motifs is 1. The zero-order valence-corrected chi connectivity index (χ0v) is 15.9. The van der Waals surface area contributed by atoms with E-state index in [-0.39, 0.29) is 25.4 Å². The highest BCUT2D eigenvalue weighted by molar-refractivity contribution is 7.80. The van der Waals surface area contributed by atoms with E-state index in [1.165, 1.54) is 11.3 Å². The minimum Gasteiger partial charge on any atom is -0.347 e. The highest BCUT2D eigenvalue weighted by atomic mass is 32.1. The smallest absolute Gasteiger partial charge is 0.240 e. The van der Waals surface area contributed by atoms with Gasteiger partial charge >= 0.3 is 0 Å². The zero-order valence-electron chi connectivity index (χ0n) is 14.2. The molecule has 6 nitrogen and oxygen atoms in total. The summed E-state index contributed by atoms with van der Waals surface area (Å²) < 4.78 is 0.997. The largest absolute Gasteiger partial charge is 0.347 e. The predicted molar refractivity (Wildman–Crippen MR) is 108 cm³/mol. The summed E-state index contributed by atoms with van der Waals surface area (Å²) in [7, 11) is 0. The Bertz CT molecular complexity index is 1020. The fraction of sp³-hybridized carbons (Fsp3) is 0.158. The van der Waals surface area contributed by atoms with Crippen LogP contribution in [0.3, 0.4) is 0 Å². The van der Waals surface area contributed by atoms with Gasteiger partial charge in [-0.2, -0.15) is 5.26 Å². The maximum absolute atomic E-state index is 12.0. The Morgan fingerprint density at radius 2 is 1.81 bits per heavy atom. The van der Waals surface area contributed by atoms with Gasteiger partial charge in [-0.3, -0.25) is 9.59 Å². The van der Waals surface area contributed by atoms with Crippen molar-refractivity contribution in [2.45, 2.75) is 11.3 Å². The standard InChI is InChI=1S/C19H16N4O2S2/c20-7-8-21-18(25)11-22-17(24)10-19-23-15-6-3-13(9-16(15)27-19)12-1-4-14(26)5-2-12/h1-6,9,26H,8,10-11H2,(H,21,25)(H,22,24). The van der Waals surface area contributed by atoms with Gasteiger partial charge in [-0.05, 0) is 35.4 Å². The molecule has 136 valence electrons. The number of nitriles is 1. The van der Waals surface area contributed by atoms with Gasteiger partial charge in [0.1, 0.15) is 11.6 Å². The average Bonchev–Trinajstić information content (AvgIpc) is 3.06. The maximum Gasteiger partial charge on any atom is 0.240 e. The lowest BCUT2D eigenvalue weighted by molar-refractivity contribution is -0.125. The van der Waals surface area contributed by atoms with Gasteiger partial charge in [0, 0.05) is 4.90 Å². The molecule has 1 heterocycles. The van der Waals surface area contributed by atoms with Crippen molar-refractivity contribution >= 4 is 46.0 Å². The maximum atomic E-state index is 12.0. The molecular weight excluding hydrogens is 380 g/mol. The van der Waals surface area contributed by atoms with E-state index in [2.05, 4.69) is 34.3 Å². The van der Waals surface area contributed by atoms with Gasteiger partial charge in [-0.15, -0.1) is 24.0 Å². The summed E-state index contributed by atoms with van der Waals surface area (Å²) in [6.45, 7) is -0.234. The van der Waals surface area contributed by atoms with Crippen molar-refractivity contribution in [1.82, 2.24) is 15.6 Å². The first kappa shape index (κ1) is 18.9. The molecule has 1 aromatic heterocycles. The van der Waals surface area contributed by atoms with Crippen molar-refractivity contribution < 1.29 is 9.59 Å². The third kappa shape index (κ3) is 5.06. The number of hydrogen-bond acceptors (Lipinski definition) is 6. The molecule has 0 spiro atoms. The van der Waals surface area contributed by atoms with E-state index in [1.54, 1.807) is 6.07 Å². The van der Waals surface area contributed by atoms with Crippen LogP contribution in [-0.2, 0) is 16.0 Å². The Morgan fingerprint density at radius 3 is 2.56 bits per heavy atom. The van der Waals surface area contributed by atoms with Gasteiger partial charge in [0.05, 0.1) is 29.3 Å². The molecule has 0 atom stereocenters. The first-order valence-electron chi connectivity index (χ1n) is 8.14. The van der Waals surface area contributed by atoms with Crippen LogP contribution in [0, 0.1) is 11.3 Å². The highest BCUT2D eigenvalue weighted by Gasteiger charge is 2.11. The van der Waals surface area contributed by atoms with Crippen LogP contribution in [0.25, 0.3) is 21.3 Å². The molecule has 0 bridgehead atoms. The molecule has 0 aliphatic heterocycles. The Balaban J connectivity index is 1.66. The van der Waals surface area contributed by atoms with E-state index >= 15 is 0 Å². The van der Waals surface area contributed by atoms with E-state index < -0.39 is 5.91 Å². The van der Waals surface area contributed by atoms with Crippen LogP contribution in [0.15, 0.2) is 47.4 Å². The molecule has 0 fully saturated rings. The van der Waals surface area contributed by atoms with Crippen LogP contribution >= 0.6 is 24.0 Å². The summed E-state index contributed by atoms with van der Waals surface area (Å²) in [6, 6.07) is 15.7. The van der Waals surface area contributed by atoms with Gasteiger partial charge in [0.15, 0.2) is 0 Å². The van der Waals surface area contributed by atoms with Crippen LogP contribution in [0.1, 0.15) is 5.01 Å². The second kappa shape index (κ2) is 8.66. The summed E-state index contributed by atoms with van der Waals surface area (Å²) in [5, 5.41) is 14.0. The van der Waals surface area contributed by atoms with E-state index in [4.69, 9.17) is 5.26 Å². The molecule has 0 saturated heterocycles. The molecule has 0 unspecified atom stereocenters. The second-order valence-corrected chi connectivity index (χ2v) is 7.36. The SMILES string of the molecule is N#CCNC(=O)CNC(=O)Cc1nc2ccc(-c3ccc(S)cc3)cc2s1. The fourth-order valence-electron chi connectivity index (χ4n) is 2.46. The van der Waals surface area contributed by atoms with Crippen molar-refractivity contribution in [2.75, 3.05) is 13.1 Å². The summed E-state index contributed by atoms with van der Waals surface area (Å²) in [4.78, 5) is 28.8. The summed E-state index contributed by atoms with van der Waals surface area (Å²) >= 11 is 5.75. The number of nitrogens with zero attached hydrogens (tertiary/aromatic N) is 2. The second-order valence-electron chi connectivity index (χ2n) is 5.73. The molecule has 2 amide bonds. The highest BCUT2D eigenvalue weighted by Crippen LogP contribution is 2.29. The van der Waals surface area contributed by atoms with Crippen LogP contribution < -0.4 is 10.6 Å².